The summed E-state index contributed by atoms with van der Waals surface area (Å²) in [5.41, 5.74) is 0. The minimum atomic E-state index is -10.7. The van der Waals surface area contributed by atoms with E-state index in [0.29, 0.717) is 0 Å². The molecule has 0 amide bonds. The van der Waals surface area contributed by atoms with Gasteiger partial charge in [0.2, 0.25) is 9.79 Å². The molecule has 0 atom stereocenters. The molecule has 27 heavy (non-hydrogen) atoms. The third-order valence-corrected chi connectivity index (χ3v) is 5.25. The SMILES string of the molecule is C=CCC/C=C/[S+]1c2ccccc2Oc2ccccc21.F[P-](F)(F)(F)(F)F. The van der Waals surface area contributed by atoms with E-state index in [1.807, 2.05) is 30.3 Å². The van der Waals surface area contributed by atoms with E-state index in [1.54, 1.807) is 0 Å². The first-order valence-corrected chi connectivity index (χ1v) is 11.1. The molecule has 0 saturated carbocycles. The van der Waals surface area contributed by atoms with Crippen LogP contribution in [-0.2, 0) is 10.9 Å². The summed E-state index contributed by atoms with van der Waals surface area (Å²) in [5, 5.41) is 2.31. The average molecular weight is 426 g/mol. The molecule has 0 aromatic heterocycles. The standard InChI is InChI=1S/C18H17OS.F6P/c1-2-3-4-9-14-20-17-12-7-5-10-15(17)19-16-11-6-8-13-18(16)20;1-7(2,3,4,5)6/h2,5-14H,1,3-4H2;/q+1;-1/b14-9+;. The summed E-state index contributed by atoms with van der Waals surface area (Å²) in [6, 6.07) is 16.6. The van der Waals surface area contributed by atoms with Crippen molar-refractivity contribution in [2.75, 3.05) is 0 Å². The van der Waals surface area contributed by atoms with E-state index in [0.717, 1.165) is 24.3 Å². The molecular weight excluding hydrogens is 409 g/mol. The Labute approximate surface area is 155 Å². The van der Waals surface area contributed by atoms with Gasteiger partial charge in [-0.15, -0.1) is 6.58 Å². The number of para-hydroxylation sites is 2. The first kappa shape index (κ1) is 21.4. The van der Waals surface area contributed by atoms with Crippen molar-refractivity contribution in [3.63, 3.8) is 0 Å². The molecule has 1 aliphatic heterocycles. The Morgan fingerprint density at radius 1 is 0.815 bits per heavy atom. The van der Waals surface area contributed by atoms with Crippen molar-refractivity contribution in [1.82, 2.24) is 0 Å². The number of halogens is 6. The maximum absolute atomic E-state index is 10.7. The number of hydrogen-bond donors (Lipinski definition) is 0. The topological polar surface area (TPSA) is 9.23 Å². The van der Waals surface area contributed by atoms with Gasteiger partial charge in [-0.3, -0.25) is 0 Å². The van der Waals surface area contributed by atoms with E-state index in [-0.39, 0.29) is 10.9 Å². The molecule has 0 saturated heterocycles. The van der Waals surface area contributed by atoms with Crippen molar-refractivity contribution in [2.24, 2.45) is 0 Å². The molecule has 1 nitrogen and oxygen atoms in total. The van der Waals surface area contributed by atoms with E-state index in [9.17, 15) is 25.2 Å². The number of rotatable bonds is 4. The monoisotopic (exact) mass is 426 g/mol. The first-order chi connectivity index (χ1) is 12.3. The Morgan fingerprint density at radius 3 is 1.70 bits per heavy atom. The summed E-state index contributed by atoms with van der Waals surface area (Å²) in [6.45, 7) is 3.77. The second-order valence-corrected chi connectivity index (χ2v) is 9.27. The number of fused-ring (bicyclic) bond motifs is 2. The van der Waals surface area contributed by atoms with E-state index < -0.39 is 7.81 Å². The van der Waals surface area contributed by atoms with Gasteiger partial charge >= 0.3 is 33.0 Å². The Balaban J connectivity index is 0.000000321. The molecule has 0 aliphatic carbocycles. The molecule has 0 unspecified atom stereocenters. The van der Waals surface area contributed by atoms with Gasteiger partial charge in [-0.2, -0.15) is 0 Å². The summed E-state index contributed by atoms with van der Waals surface area (Å²) in [5.74, 6) is 1.95. The van der Waals surface area contributed by atoms with Gasteiger partial charge in [0.05, 0.1) is 10.9 Å². The molecule has 3 rings (SSSR count). The molecule has 1 heterocycles. The maximum atomic E-state index is 9.87. The molecular formula is C18H17F6OPS. The van der Waals surface area contributed by atoms with Crippen LogP contribution in [0.2, 0.25) is 0 Å². The summed E-state index contributed by atoms with van der Waals surface area (Å²) < 4.78 is 65.2. The molecule has 0 N–H and O–H groups in total. The summed E-state index contributed by atoms with van der Waals surface area (Å²) in [6.07, 6.45) is 6.27. The predicted molar refractivity (Wildman–Crippen MR) is 99.0 cm³/mol. The molecule has 9 heteroatoms. The number of unbranched alkanes of at least 4 members (excludes halogenated alkanes) is 1. The van der Waals surface area contributed by atoms with Crippen LogP contribution in [0.1, 0.15) is 12.8 Å². The average Bonchev–Trinajstić information content (AvgIpc) is 2.55. The van der Waals surface area contributed by atoms with Crippen molar-refractivity contribution in [3.05, 3.63) is 72.7 Å². The third-order valence-electron chi connectivity index (χ3n) is 3.16. The van der Waals surface area contributed by atoms with Crippen LogP contribution in [0.15, 0.2) is 82.5 Å². The fraction of sp³-hybridized carbons (Fsp3) is 0.111. The second-order valence-electron chi connectivity index (χ2n) is 5.53. The van der Waals surface area contributed by atoms with Crippen LogP contribution in [0.5, 0.6) is 11.5 Å². The zero-order valence-electron chi connectivity index (χ0n) is 14.0. The van der Waals surface area contributed by atoms with E-state index in [4.69, 9.17) is 4.74 Å². The van der Waals surface area contributed by atoms with Gasteiger partial charge in [0, 0.05) is 0 Å². The Morgan fingerprint density at radius 2 is 1.26 bits per heavy atom. The van der Waals surface area contributed by atoms with Gasteiger partial charge in [-0.1, -0.05) is 30.3 Å². The molecule has 0 radical (unpaired) electrons. The fourth-order valence-corrected chi connectivity index (χ4v) is 4.16. The van der Waals surface area contributed by atoms with Crippen molar-refractivity contribution >= 4 is 18.7 Å². The predicted octanol–water partition coefficient (Wildman–Crippen LogP) is 8.69. The Hall–Kier alpha value is -1.92. The summed E-state index contributed by atoms with van der Waals surface area (Å²) in [4.78, 5) is 2.53. The minimum absolute atomic E-state index is 0.0379. The van der Waals surface area contributed by atoms with Crippen LogP contribution in [0.3, 0.4) is 0 Å². The molecule has 1 aliphatic rings. The molecule has 148 valence electrons. The number of ether oxygens (including phenoxy) is 1. The van der Waals surface area contributed by atoms with Crippen LogP contribution < -0.4 is 4.74 Å². The van der Waals surface area contributed by atoms with E-state index in [2.05, 4.69) is 42.3 Å². The van der Waals surface area contributed by atoms with Crippen molar-refractivity contribution < 1.29 is 29.9 Å². The van der Waals surface area contributed by atoms with Crippen LogP contribution in [-0.4, -0.2) is 0 Å². The van der Waals surface area contributed by atoms with E-state index >= 15 is 0 Å². The van der Waals surface area contributed by atoms with Crippen LogP contribution >= 0.6 is 7.81 Å². The Bertz CT molecular complexity index is 792. The second kappa shape index (κ2) is 7.24. The van der Waals surface area contributed by atoms with Crippen molar-refractivity contribution in [1.29, 1.82) is 0 Å². The van der Waals surface area contributed by atoms with Gasteiger partial charge in [-0.25, -0.2) is 0 Å². The third kappa shape index (κ3) is 8.10. The first-order valence-electron chi connectivity index (χ1n) is 7.78. The van der Waals surface area contributed by atoms with Gasteiger partial charge < -0.3 is 4.74 Å². The molecule has 0 bridgehead atoms. The molecule has 2 aromatic carbocycles. The van der Waals surface area contributed by atoms with Gasteiger partial charge in [0.25, 0.3) is 0 Å². The van der Waals surface area contributed by atoms with Crippen LogP contribution in [0.4, 0.5) is 25.2 Å². The normalized spacial score (nSPS) is 16.1. The fourth-order valence-electron chi connectivity index (χ4n) is 2.19. The van der Waals surface area contributed by atoms with Gasteiger partial charge in [-0.05, 0) is 43.2 Å². The zero-order valence-corrected chi connectivity index (χ0v) is 15.7. The number of benzene rings is 2. The van der Waals surface area contributed by atoms with Crippen molar-refractivity contribution in [3.8, 4) is 11.5 Å². The molecule has 2 aromatic rings. The molecule has 0 spiro atoms. The molecule has 0 fully saturated rings. The zero-order chi connectivity index (χ0) is 20.2. The van der Waals surface area contributed by atoms with E-state index in [1.165, 1.54) is 9.79 Å². The van der Waals surface area contributed by atoms with Crippen molar-refractivity contribution in [2.45, 2.75) is 22.6 Å². The van der Waals surface area contributed by atoms with Crippen LogP contribution in [0, 0.1) is 0 Å². The number of allylic oxidation sites excluding steroid dienone is 2. The number of hydrogen-bond acceptors (Lipinski definition) is 1. The van der Waals surface area contributed by atoms with Gasteiger partial charge in [0.1, 0.15) is 5.41 Å². The van der Waals surface area contributed by atoms with Crippen LogP contribution in [0.25, 0.3) is 0 Å². The Kier molecular flexibility index (Phi) is 5.74. The van der Waals surface area contributed by atoms with Gasteiger partial charge in [0.15, 0.2) is 11.5 Å². The quantitative estimate of drug-likeness (QED) is 0.156. The summed E-state index contributed by atoms with van der Waals surface area (Å²) >= 11 is 0. The summed E-state index contributed by atoms with van der Waals surface area (Å²) in [7, 11) is -10.7.